The van der Waals surface area contributed by atoms with Crippen molar-refractivity contribution in [2.45, 2.75) is 0 Å². The summed E-state index contributed by atoms with van der Waals surface area (Å²) in [5.41, 5.74) is 6.80. The molecular weight excluding hydrogens is 228 g/mol. The molecule has 0 spiro atoms. The summed E-state index contributed by atoms with van der Waals surface area (Å²) in [6, 6.07) is 8.68. The number of rotatable bonds is 3. The van der Waals surface area contributed by atoms with Crippen LogP contribution in [-0.4, -0.2) is 36.4 Å². The molecule has 3 N–H and O–H groups in total. The molecule has 0 unspecified atom stereocenters. The summed E-state index contributed by atoms with van der Waals surface area (Å²) < 4.78 is 0. The van der Waals surface area contributed by atoms with Crippen molar-refractivity contribution in [1.29, 1.82) is 0 Å². The number of benzene rings is 2. The molecule has 0 amide bonds. The standard InChI is InChI=1S/C14H16N2O2/c1-16(2)8-12(18)10-7-6-9-4-3-5-11(17)13(9)14(10)15/h3-7,17H,8,15H2,1-2H3. The molecule has 4 heteroatoms. The summed E-state index contributed by atoms with van der Waals surface area (Å²) in [6.45, 7) is 0.295. The number of nitrogens with two attached hydrogens (primary N) is 1. The third-order valence-electron chi connectivity index (χ3n) is 2.82. The van der Waals surface area contributed by atoms with Gasteiger partial charge in [-0.3, -0.25) is 4.79 Å². The van der Waals surface area contributed by atoms with Gasteiger partial charge >= 0.3 is 0 Å². The van der Waals surface area contributed by atoms with Gasteiger partial charge in [-0.2, -0.15) is 0 Å². The number of aromatic hydroxyl groups is 1. The quantitative estimate of drug-likeness (QED) is 0.639. The van der Waals surface area contributed by atoms with Crippen molar-refractivity contribution in [3.63, 3.8) is 0 Å². The highest BCUT2D eigenvalue weighted by molar-refractivity contribution is 6.10. The van der Waals surface area contributed by atoms with Crippen molar-refractivity contribution in [3.05, 3.63) is 35.9 Å². The van der Waals surface area contributed by atoms with E-state index in [1.807, 2.05) is 20.2 Å². The van der Waals surface area contributed by atoms with E-state index >= 15 is 0 Å². The van der Waals surface area contributed by atoms with Crippen LogP contribution in [0.25, 0.3) is 10.8 Å². The molecule has 2 aromatic rings. The van der Waals surface area contributed by atoms with Gasteiger partial charge in [-0.25, -0.2) is 0 Å². The molecule has 0 aromatic heterocycles. The van der Waals surface area contributed by atoms with E-state index in [4.69, 9.17) is 5.73 Å². The van der Waals surface area contributed by atoms with Crippen LogP contribution in [0, 0.1) is 0 Å². The Kier molecular flexibility index (Phi) is 3.21. The van der Waals surface area contributed by atoms with Gasteiger partial charge in [0.2, 0.25) is 0 Å². The summed E-state index contributed by atoms with van der Waals surface area (Å²) >= 11 is 0. The van der Waals surface area contributed by atoms with Gasteiger partial charge < -0.3 is 15.7 Å². The van der Waals surface area contributed by atoms with Crippen molar-refractivity contribution in [2.24, 2.45) is 0 Å². The minimum atomic E-state index is -0.0531. The molecule has 0 radical (unpaired) electrons. The Labute approximate surface area is 106 Å². The Balaban J connectivity index is 2.57. The smallest absolute Gasteiger partial charge is 0.178 e. The number of anilines is 1. The first-order chi connectivity index (χ1) is 8.50. The summed E-state index contributed by atoms with van der Waals surface area (Å²) in [5.74, 6) is 0.0483. The molecule has 2 rings (SSSR count). The van der Waals surface area contributed by atoms with Crippen LogP contribution >= 0.6 is 0 Å². The number of carbonyl (C=O) groups is 1. The van der Waals surface area contributed by atoms with Crippen LogP contribution < -0.4 is 5.73 Å². The third-order valence-corrected chi connectivity index (χ3v) is 2.82. The fraction of sp³-hybridized carbons (Fsp3) is 0.214. The van der Waals surface area contributed by atoms with Gasteiger partial charge in [0, 0.05) is 10.9 Å². The Morgan fingerprint density at radius 2 is 2.00 bits per heavy atom. The maximum atomic E-state index is 12.0. The number of nitrogens with zero attached hydrogens (tertiary/aromatic N) is 1. The summed E-state index contributed by atoms with van der Waals surface area (Å²) in [7, 11) is 3.65. The van der Waals surface area contributed by atoms with Crippen molar-refractivity contribution in [3.8, 4) is 5.75 Å². The molecule has 0 bridgehead atoms. The number of phenols is 1. The molecule has 0 saturated carbocycles. The molecule has 0 saturated heterocycles. The zero-order valence-electron chi connectivity index (χ0n) is 10.5. The number of likely N-dealkylation sites (N-methyl/N-ethyl adjacent to an activating group) is 1. The van der Waals surface area contributed by atoms with E-state index in [2.05, 4.69) is 0 Å². The lowest BCUT2D eigenvalue weighted by atomic mass is 10.0. The van der Waals surface area contributed by atoms with Crippen molar-refractivity contribution in [1.82, 2.24) is 4.90 Å². The number of hydrogen-bond donors (Lipinski definition) is 2. The van der Waals surface area contributed by atoms with E-state index in [0.717, 1.165) is 5.39 Å². The van der Waals surface area contributed by atoms with Crippen molar-refractivity contribution >= 4 is 22.2 Å². The minimum Gasteiger partial charge on any atom is -0.507 e. The van der Waals surface area contributed by atoms with Crippen LogP contribution in [0.1, 0.15) is 10.4 Å². The predicted molar refractivity (Wildman–Crippen MR) is 72.9 cm³/mol. The molecule has 94 valence electrons. The number of hydrogen-bond acceptors (Lipinski definition) is 4. The lowest BCUT2D eigenvalue weighted by Crippen LogP contribution is -2.22. The van der Waals surface area contributed by atoms with Crippen LogP contribution in [0.3, 0.4) is 0 Å². The second kappa shape index (κ2) is 4.66. The van der Waals surface area contributed by atoms with Gasteiger partial charge in [-0.1, -0.05) is 18.2 Å². The number of fused-ring (bicyclic) bond motifs is 1. The molecular formula is C14H16N2O2. The third kappa shape index (κ3) is 2.15. The van der Waals surface area contributed by atoms with Crippen molar-refractivity contribution in [2.75, 3.05) is 26.4 Å². The first-order valence-electron chi connectivity index (χ1n) is 5.69. The van der Waals surface area contributed by atoms with E-state index in [0.29, 0.717) is 23.2 Å². The topological polar surface area (TPSA) is 66.6 Å². The van der Waals surface area contributed by atoms with Gasteiger partial charge in [-0.05, 0) is 31.6 Å². The van der Waals surface area contributed by atoms with Gasteiger partial charge in [0.05, 0.1) is 12.2 Å². The Morgan fingerprint density at radius 1 is 1.28 bits per heavy atom. The fourth-order valence-corrected chi connectivity index (χ4v) is 2.00. The first kappa shape index (κ1) is 12.4. The van der Waals surface area contributed by atoms with E-state index in [1.165, 1.54) is 0 Å². The molecule has 4 nitrogen and oxygen atoms in total. The monoisotopic (exact) mass is 244 g/mol. The number of ketones is 1. The van der Waals surface area contributed by atoms with E-state index in [9.17, 15) is 9.90 Å². The maximum absolute atomic E-state index is 12.0. The average Bonchev–Trinajstić information content (AvgIpc) is 2.28. The highest BCUT2D eigenvalue weighted by Crippen LogP contribution is 2.32. The largest absolute Gasteiger partial charge is 0.507 e. The normalized spacial score (nSPS) is 11.1. The zero-order valence-corrected chi connectivity index (χ0v) is 10.5. The predicted octanol–water partition coefficient (Wildman–Crippen LogP) is 1.87. The zero-order chi connectivity index (χ0) is 13.3. The molecule has 18 heavy (non-hydrogen) atoms. The molecule has 0 atom stereocenters. The summed E-state index contributed by atoms with van der Waals surface area (Å²) in [4.78, 5) is 13.8. The molecule has 0 aliphatic carbocycles. The number of Topliss-reactive ketones (excluding diaryl/α,β-unsaturated/α-hetero) is 1. The average molecular weight is 244 g/mol. The Hall–Kier alpha value is -2.07. The Bertz CT molecular complexity index is 606. The van der Waals surface area contributed by atoms with Gasteiger partial charge in [0.15, 0.2) is 5.78 Å². The lowest BCUT2D eigenvalue weighted by molar-refractivity contribution is 0.0959. The lowest BCUT2D eigenvalue weighted by Gasteiger charge is -2.12. The van der Waals surface area contributed by atoms with Crippen molar-refractivity contribution < 1.29 is 9.90 Å². The van der Waals surface area contributed by atoms with Crippen LogP contribution in [0.15, 0.2) is 30.3 Å². The summed E-state index contributed by atoms with van der Waals surface area (Å²) in [6.07, 6.45) is 0. The second-order valence-electron chi connectivity index (χ2n) is 4.56. The molecule has 0 heterocycles. The second-order valence-corrected chi connectivity index (χ2v) is 4.56. The summed E-state index contributed by atoms with van der Waals surface area (Å²) in [5, 5.41) is 11.2. The molecule has 2 aromatic carbocycles. The highest BCUT2D eigenvalue weighted by Gasteiger charge is 2.14. The van der Waals surface area contributed by atoms with Crippen LogP contribution in [-0.2, 0) is 0 Å². The number of carbonyl (C=O) groups excluding carboxylic acids is 1. The van der Waals surface area contributed by atoms with Crippen LogP contribution in [0.5, 0.6) is 5.75 Å². The Morgan fingerprint density at radius 3 is 2.67 bits per heavy atom. The SMILES string of the molecule is CN(C)CC(=O)c1ccc2cccc(O)c2c1N. The van der Waals surface area contributed by atoms with E-state index in [1.54, 1.807) is 29.2 Å². The van der Waals surface area contributed by atoms with Gasteiger partial charge in [0.1, 0.15) is 5.75 Å². The molecule has 0 fully saturated rings. The number of nitrogen functional groups attached to an aromatic ring is 1. The number of phenolic OH excluding ortho intramolecular Hbond substituents is 1. The van der Waals surface area contributed by atoms with Crippen LogP contribution in [0.4, 0.5) is 5.69 Å². The fourth-order valence-electron chi connectivity index (χ4n) is 2.00. The first-order valence-corrected chi connectivity index (χ1v) is 5.69. The van der Waals surface area contributed by atoms with Gasteiger partial charge in [0.25, 0.3) is 0 Å². The van der Waals surface area contributed by atoms with E-state index < -0.39 is 0 Å². The van der Waals surface area contributed by atoms with Gasteiger partial charge in [-0.15, -0.1) is 0 Å². The van der Waals surface area contributed by atoms with Crippen LogP contribution in [0.2, 0.25) is 0 Å². The molecule has 0 aliphatic heterocycles. The minimum absolute atomic E-state index is 0.0531. The van der Waals surface area contributed by atoms with E-state index in [-0.39, 0.29) is 11.5 Å². The molecule has 0 aliphatic rings. The maximum Gasteiger partial charge on any atom is 0.178 e. The highest BCUT2D eigenvalue weighted by atomic mass is 16.3.